The number of benzene rings is 1. The summed E-state index contributed by atoms with van der Waals surface area (Å²) in [6, 6.07) is 5.17. The van der Waals surface area contributed by atoms with Gasteiger partial charge in [0.25, 0.3) is 0 Å². The molecule has 1 aliphatic carbocycles. The maximum atomic E-state index is 5.88. The first-order valence-corrected chi connectivity index (χ1v) is 6.61. The number of hydrogen-bond donors (Lipinski definition) is 1. The summed E-state index contributed by atoms with van der Waals surface area (Å²) in [7, 11) is 0. The minimum Gasteiger partial charge on any atom is -0.493 e. The summed E-state index contributed by atoms with van der Waals surface area (Å²) < 4.78 is 5.88. The summed E-state index contributed by atoms with van der Waals surface area (Å²) in [5, 5.41) is 3.50. The molecule has 0 spiro atoms. The van der Waals surface area contributed by atoms with Crippen molar-refractivity contribution < 1.29 is 4.74 Å². The molecule has 0 aromatic heterocycles. The Bertz CT molecular complexity index is 360. The second-order valence-corrected chi connectivity index (χ2v) is 5.16. The fourth-order valence-electron chi connectivity index (χ4n) is 2.23. The fraction of sp³-hybridized carbons (Fsp3) is 0.600. The first kappa shape index (κ1) is 12.4. The van der Waals surface area contributed by atoms with Gasteiger partial charge in [-0.2, -0.15) is 0 Å². The van der Waals surface area contributed by atoms with Crippen molar-refractivity contribution in [3.05, 3.63) is 28.8 Å². The van der Waals surface area contributed by atoms with Gasteiger partial charge in [-0.05, 0) is 57.7 Å². The Balaban J connectivity index is 1.77. The van der Waals surface area contributed by atoms with Crippen molar-refractivity contribution >= 4 is 0 Å². The second-order valence-electron chi connectivity index (χ2n) is 5.16. The van der Waals surface area contributed by atoms with Crippen molar-refractivity contribution in [3.63, 3.8) is 0 Å². The van der Waals surface area contributed by atoms with Gasteiger partial charge in [0.1, 0.15) is 5.75 Å². The predicted octanol–water partition coefficient (Wildman–Crippen LogP) is 3.13. The zero-order chi connectivity index (χ0) is 12.3. The Morgan fingerprint density at radius 1 is 1.18 bits per heavy atom. The topological polar surface area (TPSA) is 21.3 Å². The van der Waals surface area contributed by atoms with E-state index in [-0.39, 0.29) is 0 Å². The Kier molecular flexibility index (Phi) is 4.06. The molecule has 0 unspecified atom stereocenters. The SMILES string of the molecule is Cc1cc(C)c(OCCCNC2CC2)c(C)c1. The number of hydrogen-bond acceptors (Lipinski definition) is 2. The molecule has 17 heavy (non-hydrogen) atoms. The molecule has 2 rings (SSSR count). The van der Waals surface area contributed by atoms with E-state index in [9.17, 15) is 0 Å². The molecule has 1 aromatic carbocycles. The van der Waals surface area contributed by atoms with Crippen molar-refractivity contribution in [3.8, 4) is 5.75 Å². The lowest BCUT2D eigenvalue weighted by molar-refractivity contribution is 0.304. The van der Waals surface area contributed by atoms with Crippen LogP contribution in [0.3, 0.4) is 0 Å². The molecule has 0 radical (unpaired) electrons. The molecule has 0 bridgehead atoms. The van der Waals surface area contributed by atoms with Crippen molar-refractivity contribution in [2.24, 2.45) is 0 Å². The van der Waals surface area contributed by atoms with E-state index >= 15 is 0 Å². The Hall–Kier alpha value is -1.02. The van der Waals surface area contributed by atoms with E-state index in [0.717, 1.165) is 31.4 Å². The van der Waals surface area contributed by atoms with E-state index in [0.29, 0.717) is 0 Å². The normalized spacial score (nSPS) is 15.0. The van der Waals surface area contributed by atoms with Crippen LogP contribution in [0.2, 0.25) is 0 Å². The molecule has 1 aliphatic rings. The van der Waals surface area contributed by atoms with Crippen LogP contribution >= 0.6 is 0 Å². The molecule has 0 saturated heterocycles. The molecule has 1 fully saturated rings. The maximum absolute atomic E-state index is 5.88. The molecule has 1 aromatic rings. The highest BCUT2D eigenvalue weighted by Gasteiger charge is 2.19. The smallest absolute Gasteiger partial charge is 0.125 e. The van der Waals surface area contributed by atoms with Crippen LogP contribution in [0, 0.1) is 20.8 Å². The largest absolute Gasteiger partial charge is 0.493 e. The zero-order valence-electron chi connectivity index (χ0n) is 11.2. The summed E-state index contributed by atoms with van der Waals surface area (Å²) in [5.74, 6) is 1.07. The average Bonchev–Trinajstić information content (AvgIpc) is 3.04. The van der Waals surface area contributed by atoms with Crippen LogP contribution in [-0.2, 0) is 0 Å². The van der Waals surface area contributed by atoms with Crippen molar-refractivity contribution in [1.82, 2.24) is 5.32 Å². The van der Waals surface area contributed by atoms with Crippen LogP contribution in [0.4, 0.5) is 0 Å². The van der Waals surface area contributed by atoms with Gasteiger partial charge in [-0.1, -0.05) is 17.7 Å². The Labute approximate surface area is 104 Å². The molecule has 94 valence electrons. The van der Waals surface area contributed by atoms with Gasteiger partial charge in [0, 0.05) is 6.04 Å². The van der Waals surface area contributed by atoms with Gasteiger partial charge in [-0.25, -0.2) is 0 Å². The van der Waals surface area contributed by atoms with Crippen LogP contribution in [0.5, 0.6) is 5.75 Å². The molecule has 2 nitrogen and oxygen atoms in total. The molecular weight excluding hydrogens is 210 g/mol. The fourth-order valence-corrected chi connectivity index (χ4v) is 2.23. The first-order chi connectivity index (χ1) is 8.16. The molecule has 1 saturated carbocycles. The zero-order valence-corrected chi connectivity index (χ0v) is 11.2. The van der Waals surface area contributed by atoms with Gasteiger partial charge in [-0.3, -0.25) is 0 Å². The highest BCUT2D eigenvalue weighted by Crippen LogP contribution is 2.24. The van der Waals surface area contributed by atoms with Gasteiger partial charge in [0.2, 0.25) is 0 Å². The van der Waals surface area contributed by atoms with E-state index in [1.165, 1.54) is 29.5 Å². The van der Waals surface area contributed by atoms with Crippen LogP contribution in [0.1, 0.15) is 36.0 Å². The minimum absolute atomic E-state index is 0.804. The lowest BCUT2D eigenvalue weighted by Gasteiger charge is -2.13. The number of ether oxygens (including phenoxy) is 1. The van der Waals surface area contributed by atoms with E-state index in [2.05, 4.69) is 38.2 Å². The van der Waals surface area contributed by atoms with Crippen molar-refractivity contribution in [2.45, 2.75) is 46.1 Å². The van der Waals surface area contributed by atoms with Crippen LogP contribution in [-0.4, -0.2) is 19.2 Å². The summed E-state index contributed by atoms with van der Waals surface area (Å²) in [6.07, 6.45) is 3.80. The minimum atomic E-state index is 0.804. The third-order valence-electron chi connectivity index (χ3n) is 3.18. The van der Waals surface area contributed by atoms with E-state index in [1.54, 1.807) is 0 Å². The number of nitrogens with one attached hydrogen (secondary N) is 1. The molecule has 0 aliphatic heterocycles. The lowest BCUT2D eigenvalue weighted by Crippen LogP contribution is -2.19. The Morgan fingerprint density at radius 2 is 1.82 bits per heavy atom. The van der Waals surface area contributed by atoms with Gasteiger partial charge in [-0.15, -0.1) is 0 Å². The lowest BCUT2D eigenvalue weighted by atomic mass is 10.1. The molecular formula is C15H23NO. The quantitative estimate of drug-likeness (QED) is 0.762. The third-order valence-corrected chi connectivity index (χ3v) is 3.18. The van der Waals surface area contributed by atoms with Crippen LogP contribution in [0.25, 0.3) is 0 Å². The second kappa shape index (κ2) is 5.54. The van der Waals surface area contributed by atoms with Crippen LogP contribution < -0.4 is 10.1 Å². The highest BCUT2D eigenvalue weighted by atomic mass is 16.5. The molecule has 0 amide bonds. The van der Waals surface area contributed by atoms with E-state index < -0.39 is 0 Å². The van der Waals surface area contributed by atoms with E-state index in [4.69, 9.17) is 4.74 Å². The average molecular weight is 233 g/mol. The Morgan fingerprint density at radius 3 is 2.41 bits per heavy atom. The van der Waals surface area contributed by atoms with Crippen LogP contribution in [0.15, 0.2) is 12.1 Å². The summed E-state index contributed by atoms with van der Waals surface area (Å²) in [6.45, 7) is 8.26. The predicted molar refractivity (Wildman–Crippen MR) is 71.8 cm³/mol. The highest BCUT2D eigenvalue weighted by molar-refractivity contribution is 5.42. The number of rotatable bonds is 6. The van der Waals surface area contributed by atoms with Gasteiger partial charge in [0.15, 0.2) is 0 Å². The maximum Gasteiger partial charge on any atom is 0.125 e. The molecule has 2 heteroatoms. The number of aryl methyl sites for hydroxylation is 3. The van der Waals surface area contributed by atoms with Gasteiger partial charge >= 0.3 is 0 Å². The molecule has 0 atom stereocenters. The van der Waals surface area contributed by atoms with Gasteiger partial charge < -0.3 is 10.1 Å². The first-order valence-electron chi connectivity index (χ1n) is 6.61. The molecule has 0 heterocycles. The van der Waals surface area contributed by atoms with Crippen molar-refractivity contribution in [1.29, 1.82) is 0 Å². The monoisotopic (exact) mass is 233 g/mol. The van der Waals surface area contributed by atoms with Crippen molar-refractivity contribution in [2.75, 3.05) is 13.2 Å². The third kappa shape index (κ3) is 3.74. The summed E-state index contributed by atoms with van der Waals surface area (Å²) >= 11 is 0. The van der Waals surface area contributed by atoms with E-state index in [1.807, 2.05) is 0 Å². The standard InChI is InChI=1S/C15H23NO/c1-11-9-12(2)15(13(3)10-11)17-8-4-7-16-14-5-6-14/h9-10,14,16H,4-8H2,1-3H3. The summed E-state index contributed by atoms with van der Waals surface area (Å²) in [4.78, 5) is 0. The van der Waals surface area contributed by atoms with Gasteiger partial charge in [0.05, 0.1) is 6.61 Å². The summed E-state index contributed by atoms with van der Waals surface area (Å²) in [5.41, 5.74) is 3.80. The molecule has 1 N–H and O–H groups in total.